The number of halogens is 1. The average molecular weight is 608 g/mol. The number of carbonyl (C=O) groups is 2. The maximum Gasteiger partial charge on any atom is 0.410 e. The molecule has 2 amide bonds. The molecule has 1 saturated carbocycles. The Bertz CT molecular complexity index is 964. The number of likely N-dealkylation sites (tertiary alicyclic amines) is 2. The molecule has 0 aromatic rings. The highest BCUT2D eigenvalue weighted by Crippen LogP contribution is 2.54. The second-order valence-electron chi connectivity index (χ2n) is 13.1. The molecule has 0 aromatic carbocycles. The Morgan fingerprint density at radius 1 is 1.09 bits per heavy atom. The van der Waals surface area contributed by atoms with Crippen LogP contribution in [0, 0.1) is 17.3 Å². The van der Waals surface area contributed by atoms with Crippen LogP contribution in [0.5, 0.6) is 0 Å². The molecule has 9 nitrogen and oxygen atoms in total. The lowest BCUT2D eigenvalue weighted by Crippen LogP contribution is -2.53. The lowest BCUT2D eigenvalue weighted by Gasteiger charge is -2.52. The SMILES string of the molecule is C=C(/C=C(/F)C(=C)CC(=O)N1CC(CNCCCC[C@H](O)CO)C1)OCCCC1CC2(CCN(C(=O)OC(C)C)CC2)C1. The molecule has 3 aliphatic rings. The Balaban J connectivity index is 1.20. The van der Waals surface area contributed by atoms with Gasteiger partial charge in [0.15, 0.2) is 0 Å². The van der Waals surface area contributed by atoms with Crippen molar-refractivity contribution in [3.8, 4) is 0 Å². The number of nitrogens with zero attached hydrogens (tertiary/aromatic N) is 2. The number of unbranched alkanes of at least 4 members (excludes halogenated alkanes) is 1. The number of aliphatic hydroxyl groups excluding tert-OH is 2. The van der Waals surface area contributed by atoms with Crippen LogP contribution in [-0.2, 0) is 14.3 Å². The number of amides is 2. The van der Waals surface area contributed by atoms with E-state index in [2.05, 4.69) is 18.5 Å². The van der Waals surface area contributed by atoms with Crippen LogP contribution in [-0.4, -0.2) is 96.7 Å². The van der Waals surface area contributed by atoms with Gasteiger partial charge in [0.05, 0.1) is 31.8 Å². The second kappa shape index (κ2) is 17.2. The third kappa shape index (κ3) is 11.5. The third-order valence-electron chi connectivity index (χ3n) is 8.99. The van der Waals surface area contributed by atoms with E-state index in [4.69, 9.17) is 14.6 Å². The smallest absolute Gasteiger partial charge is 0.410 e. The van der Waals surface area contributed by atoms with Crippen LogP contribution in [0.2, 0.25) is 0 Å². The average Bonchev–Trinajstić information content (AvgIpc) is 2.92. The van der Waals surface area contributed by atoms with E-state index in [9.17, 15) is 19.1 Å². The van der Waals surface area contributed by atoms with Crippen molar-refractivity contribution in [2.45, 2.75) is 90.3 Å². The van der Waals surface area contributed by atoms with Gasteiger partial charge in [-0.25, -0.2) is 9.18 Å². The van der Waals surface area contributed by atoms with Crippen molar-refractivity contribution in [1.82, 2.24) is 15.1 Å². The quantitative estimate of drug-likeness (QED) is 0.118. The van der Waals surface area contributed by atoms with Crippen LogP contribution in [0.25, 0.3) is 0 Å². The Morgan fingerprint density at radius 3 is 2.44 bits per heavy atom. The summed E-state index contributed by atoms with van der Waals surface area (Å²) >= 11 is 0. The summed E-state index contributed by atoms with van der Waals surface area (Å²) in [5, 5.41) is 21.5. The maximum atomic E-state index is 14.6. The van der Waals surface area contributed by atoms with Crippen molar-refractivity contribution in [2.75, 3.05) is 52.5 Å². The molecule has 0 radical (unpaired) electrons. The van der Waals surface area contributed by atoms with Crippen LogP contribution < -0.4 is 5.32 Å². The van der Waals surface area contributed by atoms with Gasteiger partial charge in [-0.1, -0.05) is 13.2 Å². The van der Waals surface area contributed by atoms with Crippen molar-refractivity contribution < 1.29 is 33.7 Å². The molecule has 1 spiro atoms. The van der Waals surface area contributed by atoms with Crippen molar-refractivity contribution in [3.63, 3.8) is 0 Å². The Labute approximate surface area is 257 Å². The first kappa shape index (κ1) is 35.1. The number of ether oxygens (including phenoxy) is 2. The fourth-order valence-electron chi connectivity index (χ4n) is 6.39. The number of allylic oxidation sites excluding steroid dienone is 2. The van der Waals surface area contributed by atoms with Gasteiger partial charge in [-0.15, -0.1) is 0 Å². The van der Waals surface area contributed by atoms with Gasteiger partial charge >= 0.3 is 6.09 Å². The van der Waals surface area contributed by atoms with Crippen LogP contribution in [0.15, 0.2) is 36.4 Å². The number of carbonyl (C=O) groups excluding carboxylic acids is 2. The maximum absolute atomic E-state index is 14.6. The van der Waals surface area contributed by atoms with E-state index >= 15 is 0 Å². The summed E-state index contributed by atoms with van der Waals surface area (Å²) in [5.74, 6) is 0.575. The van der Waals surface area contributed by atoms with Crippen molar-refractivity contribution in [2.24, 2.45) is 17.3 Å². The highest BCUT2D eigenvalue weighted by molar-refractivity contribution is 5.80. The Kier molecular flexibility index (Phi) is 14.0. The number of rotatable bonds is 18. The number of hydrogen-bond acceptors (Lipinski definition) is 7. The Hall–Kier alpha value is -2.43. The predicted molar refractivity (Wildman–Crippen MR) is 165 cm³/mol. The summed E-state index contributed by atoms with van der Waals surface area (Å²) in [4.78, 5) is 28.2. The van der Waals surface area contributed by atoms with Crippen LogP contribution >= 0.6 is 0 Å². The van der Waals surface area contributed by atoms with Gasteiger partial charge in [0.2, 0.25) is 5.91 Å². The molecule has 0 unspecified atom stereocenters. The zero-order valence-corrected chi connectivity index (χ0v) is 26.3. The summed E-state index contributed by atoms with van der Waals surface area (Å²) in [6.45, 7) is 16.1. The monoisotopic (exact) mass is 607 g/mol. The second-order valence-corrected chi connectivity index (χ2v) is 13.1. The van der Waals surface area contributed by atoms with Crippen molar-refractivity contribution in [1.29, 1.82) is 0 Å². The Morgan fingerprint density at radius 2 is 1.79 bits per heavy atom. The van der Waals surface area contributed by atoms with E-state index in [-0.39, 0.29) is 42.5 Å². The fraction of sp³-hybridized carbons (Fsp3) is 0.758. The number of nitrogens with one attached hydrogen (secondary N) is 1. The van der Waals surface area contributed by atoms with Crippen LogP contribution in [0.3, 0.4) is 0 Å². The molecule has 1 aliphatic carbocycles. The van der Waals surface area contributed by atoms with Gasteiger partial charge in [-0.3, -0.25) is 4.79 Å². The molecule has 43 heavy (non-hydrogen) atoms. The van der Waals surface area contributed by atoms with Gasteiger partial charge in [0.25, 0.3) is 0 Å². The molecular formula is C33H54FN3O6. The third-order valence-corrected chi connectivity index (χ3v) is 8.99. The molecule has 10 heteroatoms. The van der Waals surface area contributed by atoms with Crippen LogP contribution in [0.1, 0.15) is 78.1 Å². The number of hydrogen-bond donors (Lipinski definition) is 3. The normalized spacial score (nSPS) is 19.6. The van der Waals surface area contributed by atoms with E-state index in [1.807, 2.05) is 18.7 Å². The van der Waals surface area contributed by atoms with E-state index in [1.165, 1.54) is 18.9 Å². The first-order valence-electron chi connectivity index (χ1n) is 16.1. The first-order chi connectivity index (χ1) is 20.5. The van der Waals surface area contributed by atoms with Crippen molar-refractivity contribution >= 4 is 12.0 Å². The molecule has 3 N–H and O–H groups in total. The molecule has 2 aliphatic heterocycles. The molecule has 0 bridgehead atoms. The topological polar surface area (TPSA) is 112 Å². The minimum absolute atomic E-state index is 0.0664. The molecule has 244 valence electrons. The summed E-state index contributed by atoms with van der Waals surface area (Å²) in [6.07, 6.45) is 8.98. The zero-order chi connectivity index (χ0) is 31.4. The molecular weight excluding hydrogens is 553 g/mol. The molecule has 3 fully saturated rings. The summed E-state index contributed by atoms with van der Waals surface area (Å²) in [7, 11) is 0. The minimum atomic E-state index is -0.636. The van der Waals surface area contributed by atoms with Gasteiger partial charge in [0, 0.05) is 44.7 Å². The van der Waals surface area contributed by atoms with Gasteiger partial charge in [-0.05, 0) is 95.1 Å². The standard InChI is InChI=1S/C33H54FN3O6/c1-24(2)43-32(41)36-13-10-33(11-14-36)18-27(19-33)8-7-15-42-26(4)17-30(34)25(3)16-31(40)37-21-28(22-37)20-35-12-6-5-9-29(39)23-38/h17,24,27-29,35,38-39H,3-16,18-23H2,1-2H3/b30-17+/t29-/m0/s1. The van der Waals surface area contributed by atoms with Gasteiger partial charge in [-0.2, -0.15) is 0 Å². The molecule has 3 rings (SSSR count). The minimum Gasteiger partial charge on any atom is -0.494 e. The lowest BCUT2D eigenvalue weighted by molar-refractivity contribution is -0.136. The fourth-order valence-corrected chi connectivity index (χ4v) is 6.39. The lowest BCUT2D eigenvalue weighted by atomic mass is 9.56. The molecule has 2 saturated heterocycles. The van der Waals surface area contributed by atoms with E-state index < -0.39 is 11.9 Å². The molecule has 0 aromatic heterocycles. The highest BCUT2D eigenvalue weighted by atomic mass is 19.1. The van der Waals surface area contributed by atoms with Crippen molar-refractivity contribution in [3.05, 3.63) is 36.4 Å². The number of aliphatic hydroxyl groups is 2. The van der Waals surface area contributed by atoms with E-state index in [0.717, 1.165) is 64.7 Å². The summed E-state index contributed by atoms with van der Waals surface area (Å²) in [6, 6.07) is 0. The largest absolute Gasteiger partial charge is 0.494 e. The van der Waals surface area contributed by atoms with Gasteiger partial charge < -0.3 is 34.8 Å². The first-order valence-corrected chi connectivity index (χ1v) is 16.1. The number of piperidine rings is 1. The molecule has 2 heterocycles. The van der Waals surface area contributed by atoms with Crippen LogP contribution in [0.4, 0.5) is 9.18 Å². The molecule has 1 atom stereocenters. The zero-order valence-electron chi connectivity index (χ0n) is 26.3. The predicted octanol–water partition coefficient (Wildman–Crippen LogP) is 4.71. The van der Waals surface area contributed by atoms with E-state index in [1.54, 1.807) is 4.90 Å². The highest BCUT2D eigenvalue weighted by Gasteiger charge is 2.46. The van der Waals surface area contributed by atoms with E-state index in [0.29, 0.717) is 43.4 Å². The van der Waals surface area contributed by atoms with Gasteiger partial charge in [0.1, 0.15) is 11.6 Å². The summed E-state index contributed by atoms with van der Waals surface area (Å²) < 4.78 is 25.6. The summed E-state index contributed by atoms with van der Waals surface area (Å²) in [5.41, 5.74) is 0.499.